The number of benzene rings is 1. The van der Waals surface area contributed by atoms with Gasteiger partial charge in [-0.3, -0.25) is 0 Å². The zero-order valence-corrected chi connectivity index (χ0v) is 11.2. The first kappa shape index (κ1) is 13.3. The average Bonchev–Trinajstić information content (AvgIpc) is 2.36. The molecule has 1 aromatic rings. The zero-order valence-electron chi connectivity index (χ0n) is 11.2. The molecule has 18 heavy (non-hydrogen) atoms. The summed E-state index contributed by atoms with van der Waals surface area (Å²) in [4.78, 5) is 2.03. The molecule has 1 unspecified atom stereocenters. The number of hydrogen-bond donors (Lipinski definition) is 2. The van der Waals surface area contributed by atoms with Crippen molar-refractivity contribution in [3.8, 4) is 0 Å². The summed E-state index contributed by atoms with van der Waals surface area (Å²) in [6.45, 7) is 7.72. The van der Waals surface area contributed by atoms with Gasteiger partial charge in [-0.05, 0) is 39.0 Å². The summed E-state index contributed by atoms with van der Waals surface area (Å²) < 4.78 is 13.3. The summed E-state index contributed by atoms with van der Waals surface area (Å²) in [7, 11) is 0. The molecule has 4 heteroatoms. The molecule has 2 rings (SSSR count). The van der Waals surface area contributed by atoms with E-state index in [2.05, 4.69) is 19.2 Å². The number of rotatable bonds is 1. The molecule has 100 valence electrons. The lowest BCUT2D eigenvalue weighted by Gasteiger charge is -2.32. The number of halogens is 1. The van der Waals surface area contributed by atoms with Crippen LogP contribution in [0.4, 0.5) is 10.1 Å². The number of nitrogens with one attached hydrogen (secondary N) is 1. The minimum atomic E-state index is -0.819. The van der Waals surface area contributed by atoms with Crippen molar-refractivity contribution in [2.24, 2.45) is 0 Å². The Kier molecular flexibility index (Phi) is 3.34. The van der Waals surface area contributed by atoms with Crippen LogP contribution in [-0.4, -0.2) is 35.9 Å². The van der Waals surface area contributed by atoms with Gasteiger partial charge in [0.15, 0.2) is 0 Å². The fourth-order valence-corrected chi connectivity index (χ4v) is 2.34. The molecule has 1 heterocycles. The van der Waals surface area contributed by atoms with E-state index in [1.54, 1.807) is 13.0 Å². The Balaban J connectivity index is 2.29. The van der Waals surface area contributed by atoms with Gasteiger partial charge in [-0.1, -0.05) is 6.07 Å². The Morgan fingerprint density at radius 3 is 2.67 bits per heavy atom. The maximum absolute atomic E-state index is 13.3. The minimum absolute atomic E-state index is 0.118. The van der Waals surface area contributed by atoms with E-state index in [1.807, 2.05) is 11.0 Å². The number of hydrogen-bond acceptors (Lipinski definition) is 3. The minimum Gasteiger partial charge on any atom is -0.387 e. The first-order valence-corrected chi connectivity index (χ1v) is 6.25. The van der Waals surface area contributed by atoms with Gasteiger partial charge in [-0.2, -0.15) is 0 Å². The molecular weight excluding hydrogens is 231 g/mol. The highest BCUT2D eigenvalue weighted by Crippen LogP contribution is 2.23. The first-order valence-electron chi connectivity index (χ1n) is 6.25. The van der Waals surface area contributed by atoms with E-state index in [9.17, 15) is 9.50 Å². The predicted molar refractivity (Wildman–Crippen MR) is 71.3 cm³/mol. The Hall–Kier alpha value is -1.13. The zero-order chi connectivity index (χ0) is 13.4. The van der Waals surface area contributed by atoms with Crippen molar-refractivity contribution < 1.29 is 9.50 Å². The van der Waals surface area contributed by atoms with Crippen molar-refractivity contribution in [3.05, 3.63) is 30.1 Å². The lowest BCUT2D eigenvalue weighted by Crippen LogP contribution is -2.47. The van der Waals surface area contributed by atoms with Crippen LogP contribution in [-0.2, 0) is 0 Å². The van der Waals surface area contributed by atoms with Gasteiger partial charge in [-0.25, -0.2) is 4.39 Å². The largest absolute Gasteiger partial charge is 0.387 e. The molecule has 0 spiro atoms. The van der Waals surface area contributed by atoms with Crippen molar-refractivity contribution in [2.75, 3.05) is 24.5 Å². The van der Waals surface area contributed by atoms with E-state index in [1.165, 1.54) is 12.1 Å². The van der Waals surface area contributed by atoms with Gasteiger partial charge in [0.05, 0.1) is 5.60 Å². The fourth-order valence-electron chi connectivity index (χ4n) is 2.34. The molecule has 1 fully saturated rings. The van der Waals surface area contributed by atoms with E-state index in [4.69, 9.17) is 0 Å². The first-order chi connectivity index (χ1) is 8.27. The Morgan fingerprint density at radius 1 is 1.28 bits per heavy atom. The molecule has 1 aliphatic heterocycles. The average molecular weight is 252 g/mol. The van der Waals surface area contributed by atoms with E-state index in [-0.39, 0.29) is 11.4 Å². The highest BCUT2D eigenvalue weighted by Gasteiger charge is 2.34. The highest BCUT2D eigenvalue weighted by molar-refractivity contribution is 5.47. The molecule has 2 N–H and O–H groups in total. The van der Waals surface area contributed by atoms with Crippen LogP contribution in [0.3, 0.4) is 0 Å². The van der Waals surface area contributed by atoms with Crippen LogP contribution >= 0.6 is 0 Å². The van der Waals surface area contributed by atoms with Crippen LogP contribution in [0.2, 0.25) is 0 Å². The molecule has 0 aliphatic carbocycles. The van der Waals surface area contributed by atoms with Crippen molar-refractivity contribution in [2.45, 2.75) is 31.9 Å². The van der Waals surface area contributed by atoms with Crippen molar-refractivity contribution in [3.63, 3.8) is 0 Å². The molecule has 0 bridgehead atoms. The normalized spacial score (nSPS) is 27.9. The van der Waals surface area contributed by atoms with Crippen LogP contribution in [0.25, 0.3) is 0 Å². The van der Waals surface area contributed by atoms with Crippen molar-refractivity contribution >= 4 is 5.69 Å². The standard InChI is InChI=1S/C14H21FN2O/c1-13(2)9-17(10-14(3,18)8-16-13)12-6-4-5-11(15)7-12/h4-7,16,18H,8-10H2,1-3H3. The lowest BCUT2D eigenvalue weighted by molar-refractivity contribution is 0.0696. The van der Waals surface area contributed by atoms with Crippen molar-refractivity contribution in [1.29, 1.82) is 0 Å². The van der Waals surface area contributed by atoms with Gasteiger partial charge in [0.25, 0.3) is 0 Å². The summed E-state index contributed by atoms with van der Waals surface area (Å²) in [5, 5.41) is 13.6. The number of aliphatic hydroxyl groups is 1. The topological polar surface area (TPSA) is 35.5 Å². The van der Waals surface area contributed by atoms with Gasteiger partial charge in [0, 0.05) is 30.9 Å². The van der Waals surface area contributed by atoms with Gasteiger partial charge in [-0.15, -0.1) is 0 Å². The molecule has 1 saturated heterocycles. The molecule has 1 aromatic carbocycles. The molecule has 0 aromatic heterocycles. The summed E-state index contributed by atoms with van der Waals surface area (Å²) >= 11 is 0. The molecule has 0 amide bonds. The predicted octanol–water partition coefficient (Wildman–Crippen LogP) is 1.76. The Labute approximate surface area is 108 Å². The molecule has 3 nitrogen and oxygen atoms in total. The van der Waals surface area contributed by atoms with E-state index in [0.29, 0.717) is 13.1 Å². The number of β-amino-alcohol motifs (C(OH)–C–C–N with tert-alkyl or cyclic N) is 1. The maximum Gasteiger partial charge on any atom is 0.125 e. The van der Waals surface area contributed by atoms with Gasteiger partial charge < -0.3 is 15.3 Å². The Bertz CT molecular complexity index is 414. The van der Waals surface area contributed by atoms with Crippen LogP contribution < -0.4 is 10.2 Å². The van der Waals surface area contributed by atoms with Crippen LogP contribution in [0.1, 0.15) is 20.8 Å². The summed E-state index contributed by atoms with van der Waals surface area (Å²) in [6.07, 6.45) is 0. The maximum atomic E-state index is 13.3. The third-order valence-electron chi connectivity index (χ3n) is 3.24. The van der Waals surface area contributed by atoms with Crippen molar-refractivity contribution in [1.82, 2.24) is 5.32 Å². The van der Waals surface area contributed by atoms with Crippen LogP contribution in [0, 0.1) is 5.82 Å². The molecule has 0 radical (unpaired) electrons. The van der Waals surface area contributed by atoms with Gasteiger partial charge in [0.2, 0.25) is 0 Å². The molecule has 1 aliphatic rings. The Morgan fingerprint density at radius 2 is 2.00 bits per heavy atom. The van der Waals surface area contributed by atoms with Gasteiger partial charge >= 0.3 is 0 Å². The quantitative estimate of drug-likeness (QED) is 0.799. The fraction of sp³-hybridized carbons (Fsp3) is 0.571. The van der Waals surface area contributed by atoms with E-state index in [0.717, 1.165) is 12.2 Å². The summed E-state index contributed by atoms with van der Waals surface area (Å²) in [5.74, 6) is -0.248. The monoisotopic (exact) mass is 252 g/mol. The summed E-state index contributed by atoms with van der Waals surface area (Å²) in [6, 6.07) is 6.52. The second-order valence-electron chi connectivity index (χ2n) is 6.07. The number of nitrogens with zero attached hydrogens (tertiary/aromatic N) is 1. The molecular formula is C14H21FN2O. The third-order valence-corrected chi connectivity index (χ3v) is 3.24. The second kappa shape index (κ2) is 4.52. The third kappa shape index (κ3) is 3.21. The molecule has 0 saturated carbocycles. The lowest BCUT2D eigenvalue weighted by atomic mass is 10.1. The number of anilines is 1. The van der Waals surface area contributed by atoms with E-state index < -0.39 is 5.60 Å². The summed E-state index contributed by atoms with van der Waals surface area (Å²) in [5.41, 5.74) is -0.126. The van der Waals surface area contributed by atoms with Crippen LogP contribution in [0.15, 0.2) is 24.3 Å². The molecule has 1 atom stereocenters. The van der Waals surface area contributed by atoms with E-state index >= 15 is 0 Å². The van der Waals surface area contributed by atoms with Gasteiger partial charge in [0.1, 0.15) is 5.82 Å². The SMILES string of the molecule is CC1(O)CNC(C)(C)CN(c2cccc(F)c2)C1. The smallest absolute Gasteiger partial charge is 0.125 e. The highest BCUT2D eigenvalue weighted by atomic mass is 19.1. The van der Waals surface area contributed by atoms with Crippen LogP contribution in [0.5, 0.6) is 0 Å². The second-order valence-corrected chi connectivity index (χ2v) is 6.07.